The molecule has 0 bridgehead atoms. The Hall–Kier alpha value is -2.01. The lowest BCUT2D eigenvalue weighted by atomic mass is 10.2. The molecule has 3 aromatic rings. The molecule has 3 rings (SSSR count). The lowest BCUT2D eigenvalue weighted by molar-refractivity contribution is 0.974. The number of H-pyrrole nitrogens is 3. The van der Waals surface area contributed by atoms with Gasteiger partial charge in [-0.25, -0.2) is 0 Å². The highest BCUT2D eigenvalue weighted by atomic mass is 35.5. The van der Waals surface area contributed by atoms with Crippen LogP contribution in [-0.2, 0) is 0 Å². The Balaban J connectivity index is 2.73. The Bertz CT molecular complexity index is 812. The van der Waals surface area contributed by atoms with Gasteiger partial charge in [-0.05, 0) is 18.2 Å². The number of aromatic nitrogens is 3. The van der Waals surface area contributed by atoms with Crippen molar-refractivity contribution in [1.82, 2.24) is 15.2 Å². The van der Waals surface area contributed by atoms with Crippen molar-refractivity contribution in [3.63, 3.8) is 0 Å². The second kappa shape index (κ2) is 2.99. The van der Waals surface area contributed by atoms with Gasteiger partial charge in [0.1, 0.15) is 5.52 Å². The lowest BCUT2D eigenvalue weighted by Crippen LogP contribution is -2.18. The van der Waals surface area contributed by atoms with Crippen molar-refractivity contribution in [2.24, 2.45) is 0 Å². The lowest BCUT2D eigenvalue weighted by Gasteiger charge is -1.90. The van der Waals surface area contributed by atoms with Crippen LogP contribution in [-0.4, -0.2) is 15.2 Å². The van der Waals surface area contributed by atoms with Gasteiger partial charge in [0.25, 0.3) is 11.1 Å². The molecule has 1 aromatic carbocycles. The van der Waals surface area contributed by atoms with E-state index in [1.54, 1.807) is 18.2 Å². The van der Waals surface area contributed by atoms with Crippen LogP contribution in [0.25, 0.3) is 21.8 Å². The molecule has 2 heterocycles. The van der Waals surface area contributed by atoms with Gasteiger partial charge in [0.2, 0.25) is 0 Å². The molecule has 0 saturated carbocycles. The third kappa shape index (κ3) is 1.12. The van der Waals surface area contributed by atoms with E-state index in [2.05, 4.69) is 15.2 Å². The second-order valence-electron chi connectivity index (χ2n) is 3.47. The van der Waals surface area contributed by atoms with E-state index in [1.165, 1.54) is 0 Å². The van der Waals surface area contributed by atoms with Crippen LogP contribution in [0.2, 0.25) is 5.02 Å². The van der Waals surface area contributed by atoms with Gasteiger partial charge in [-0.2, -0.15) is 0 Å². The van der Waals surface area contributed by atoms with Crippen LogP contribution in [0.1, 0.15) is 0 Å². The average molecular weight is 236 g/mol. The molecule has 0 aliphatic heterocycles. The zero-order chi connectivity index (χ0) is 11.3. The first-order valence-electron chi connectivity index (χ1n) is 4.59. The van der Waals surface area contributed by atoms with Gasteiger partial charge in [-0.15, -0.1) is 0 Å². The Morgan fingerprint density at radius 1 is 1.06 bits per heavy atom. The number of aromatic amines is 3. The van der Waals surface area contributed by atoms with Crippen LogP contribution in [0.5, 0.6) is 0 Å². The minimum absolute atomic E-state index is 0.265. The van der Waals surface area contributed by atoms with Crippen molar-refractivity contribution < 1.29 is 0 Å². The van der Waals surface area contributed by atoms with Gasteiger partial charge < -0.3 is 4.98 Å². The molecular formula is C10H6ClN3O2. The number of halogens is 1. The van der Waals surface area contributed by atoms with Crippen molar-refractivity contribution >= 4 is 33.4 Å². The summed E-state index contributed by atoms with van der Waals surface area (Å²) in [6.45, 7) is 0. The molecule has 0 fully saturated rings. The minimum atomic E-state index is -0.359. The third-order valence-electron chi connectivity index (χ3n) is 2.50. The van der Waals surface area contributed by atoms with Gasteiger partial charge >= 0.3 is 0 Å². The molecule has 5 nitrogen and oxygen atoms in total. The van der Waals surface area contributed by atoms with Gasteiger partial charge in [-0.1, -0.05) is 11.6 Å². The fourth-order valence-electron chi connectivity index (χ4n) is 1.81. The van der Waals surface area contributed by atoms with Crippen LogP contribution in [0, 0.1) is 0 Å². The van der Waals surface area contributed by atoms with Crippen LogP contribution in [0.3, 0.4) is 0 Å². The molecule has 3 N–H and O–H groups in total. The largest absolute Gasteiger partial charge is 0.350 e. The van der Waals surface area contributed by atoms with Gasteiger partial charge in [0.15, 0.2) is 0 Å². The number of nitrogens with one attached hydrogen (secondary N) is 3. The molecule has 0 radical (unpaired) electrons. The highest BCUT2D eigenvalue weighted by Gasteiger charge is 2.10. The van der Waals surface area contributed by atoms with Crippen molar-refractivity contribution in [3.8, 4) is 0 Å². The van der Waals surface area contributed by atoms with Crippen LogP contribution < -0.4 is 11.1 Å². The molecule has 0 unspecified atom stereocenters. The fraction of sp³-hybridized carbons (Fsp3) is 0. The number of fused-ring (bicyclic) bond motifs is 3. The summed E-state index contributed by atoms with van der Waals surface area (Å²) in [4.78, 5) is 26.0. The van der Waals surface area contributed by atoms with Crippen molar-refractivity contribution in [2.75, 3.05) is 0 Å². The van der Waals surface area contributed by atoms with Gasteiger partial charge in [0.05, 0.1) is 5.39 Å². The average Bonchev–Trinajstić information content (AvgIpc) is 2.63. The molecule has 80 valence electrons. The maximum atomic E-state index is 11.6. The summed E-state index contributed by atoms with van der Waals surface area (Å²) >= 11 is 5.86. The Kier molecular flexibility index (Phi) is 1.73. The molecule has 0 spiro atoms. The molecule has 0 aliphatic carbocycles. The monoisotopic (exact) mass is 235 g/mol. The van der Waals surface area contributed by atoms with Gasteiger partial charge in [-0.3, -0.25) is 19.8 Å². The first kappa shape index (κ1) is 9.23. The standard InChI is InChI=1S/C10H6ClN3O2/c11-4-1-2-6-5(3-4)7-8(12-6)10(16)14-13-9(7)15/h1-3,12H,(H,13,15)(H,14,16). The van der Waals surface area contributed by atoms with E-state index in [-0.39, 0.29) is 16.6 Å². The maximum Gasteiger partial charge on any atom is 0.286 e. The highest BCUT2D eigenvalue weighted by molar-refractivity contribution is 6.31. The minimum Gasteiger partial charge on any atom is -0.350 e. The summed E-state index contributed by atoms with van der Waals surface area (Å²) in [6.07, 6.45) is 0. The summed E-state index contributed by atoms with van der Waals surface area (Å²) in [5.74, 6) is 0. The second-order valence-corrected chi connectivity index (χ2v) is 3.91. The Morgan fingerprint density at radius 2 is 1.81 bits per heavy atom. The number of hydrogen-bond donors (Lipinski definition) is 3. The van der Waals surface area contributed by atoms with Crippen molar-refractivity contribution in [1.29, 1.82) is 0 Å². The molecule has 6 heteroatoms. The molecule has 16 heavy (non-hydrogen) atoms. The number of hydrogen-bond acceptors (Lipinski definition) is 2. The topological polar surface area (TPSA) is 81.5 Å². The molecule has 0 atom stereocenters. The van der Waals surface area contributed by atoms with E-state index in [9.17, 15) is 9.59 Å². The predicted molar refractivity (Wildman–Crippen MR) is 62.1 cm³/mol. The summed E-state index contributed by atoms with van der Waals surface area (Å²) in [5.41, 5.74) is 0.271. The molecular weight excluding hydrogens is 230 g/mol. The Morgan fingerprint density at radius 3 is 2.62 bits per heavy atom. The van der Waals surface area contributed by atoms with E-state index in [0.717, 1.165) is 0 Å². The summed E-state index contributed by atoms with van der Waals surface area (Å²) in [7, 11) is 0. The predicted octanol–water partition coefficient (Wildman–Crippen LogP) is 1.35. The van der Waals surface area contributed by atoms with E-state index in [4.69, 9.17) is 11.6 Å². The number of benzene rings is 1. The quantitative estimate of drug-likeness (QED) is 0.550. The van der Waals surface area contributed by atoms with Crippen LogP contribution in [0.4, 0.5) is 0 Å². The highest BCUT2D eigenvalue weighted by Crippen LogP contribution is 2.23. The van der Waals surface area contributed by atoms with E-state index in [0.29, 0.717) is 21.3 Å². The van der Waals surface area contributed by atoms with Gasteiger partial charge in [0, 0.05) is 15.9 Å². The Labute approximate surface area is 93.0 Å². The zero-order valence-corrected chi connectivity index (χ0v) is 8.68. The van der Waals surface area contributed by atoms with E-state index in [1.807, 2.05) is 0 Å². The SMILES string of the molecule is O=c1[nH][nH]c(=O)c2c1[nH]c1ccc(Cl)cc12. The normalized spacial score (nSPS) is 11.3. The first-order chi connectivity index (χ1) is 7.66. The summed E-state index contributed by atoms with van der Waals surface area (Å²) in [6, 6.07) is 5.09. The summed E-state index contributed by atoms with van der Waals surface area (Å²) < 4.78 is 0. The van der Waals surface area contributed by atoms with Crippen LogP contribution >= 0.6 is 11.6 Å². The summed E-state index contributed by atoms with van der Waals surface area (Å²) in [5, 5.41) is 6.05. The molecule has 0 amide bonds. The first-order valence-corrected chi connectivity index (χ1v) is 4.96. The van der Waals surface area contributed by atoms with Crippen LogP contribution in [0.15, 0.2) is 27.8 Å². The zero-order valence-electron chi connectivity index (χ0n) is 7.93. The fourth-order valence-corrected chi connectivity index (χ4v) is 1.98. The smallest absolute Gasteiger partial charge is 0.286 e. The van der Waals surface area contributed by atoms with Crippen molar-refractivity contribution in [3.05, 3.63) is 43.9 Å². The molecule has 2 aromatic heterocycles. The van der Waals surface area contributed by atoms with Crippen molar-refractivity contribution in [2.45, 2.75) is 0 Å². The third-order valence-corrected chi connectivity index (χ3v) is 2.74. The molecule has 0 saturated heterocycles. The molecule has 0 aliphatic rings. The number of rotatable bonds is 0. The maximum absolute atomic E-state index is 11.6. The van der Waals surface area contributed by atoms with E-state index < -0.39 is 0 Å². The van der Waals surface area contributed by atoms with E-state index >= 15 is 0 Å².